The van der Waals surface area contributed by atoms with Gasteiger partial charge in [0, 0.05) is 6.04 Å². The second-order valence-electron chi connectivity index (χ2n) is 7.42. The predicted octanol–water partition coefficient (Wildman–Crippen LogP) is 2.82. The zero-order valence-corrected chi connectivity index (χ0v) is 15.8. The highest BCUT2D eigenvalue weighted by Gasteiger charge is 2.47. The number of amides is 4. The van der Waals surface area contributed by atoms with Gasteiger partial charge in [0.1, 0.15) is 12.1 Å². The Kier molecular flexibility index (Phi) is 7.70. The molecule has 1 fully saturated rings. The third kappa shape index (κ3) is 5.49. The zero-order valence-electron chi connectivity index (χ0n) is 15.8. The van der Waals surface area contributed by atoms with Gasteiger partial charge in [-0.1, -0.05) is 52.9 Å². The average Bonchev–Trinajstić information content (AvgIpc) is 2.70. The van der Waals surface area contributed by atoms with Crippen LogP contribution in [0.5, 0.6) is 0 Å². The lowest BCUT2D eigenvalue weighted by Crippen LogP contribution is -2.46. The normalized spacial score (nSPS) is 22.0. The third-order valence-corrected chi connectivity index (χ3v) is 4.82. The van der Waals surface area contributed by atoms with Gasteiger partial charge >= 0.3 is 6.03 Å². The number of urea groups is 1. The van der Waals surface area contributed by atoms with Crippen molar-refractivity contribution in [2.24, 2.45) is 5.92 Å². The molecular weight excluding hydrogens is 306 g/mol. The summed E-state index contributed by atoms with van der Waals surface area (Å²) in [7, 11) is 0. The van der Waals surface area contributed by atoms with E-state index in [0.717, 1.165) is 24.2 Å². The maximum absolute atomic E-state index is 12.6. The molecule has 4 amide bonds. The Balaban J connectivity index is 2.54. The van der Waals surface area contributed by atoms with Crippen molar-refractivity contribution in [1.29, 1.82) is 0 Å². The largest absolute Gasteiger partial charge is 0.352 e. The summed E-state index contributed by atoms with van der Waals surface area (Å²) < 4.78 is 0. The number of imide groups is 1. The third-order valence-electron chi connectivity index (χ3n) is 4.82. The number of rotatable bonds is 10. The van der Waals surface area contributed by atoms with E-state index < -0.39 is 11.6 Å². The topological polar surface area (TPSA) is 78.5 Å². The molecule has 6 heteroatoms. The van der Waals surface area contributed by atoms with E-state index in [0.29, 0.717) is 12.3 Å². The van der Waals surface area contributed by atoms with Crippen molar-refractivity contribution in [2.75, 3.05) is 6.54 Å². The van der Waals surface area contributed by atoms with Gasteiger partial charge in [0.15, 0.2) is 0 Å². The molecule has 1 aliphatic heterocycles. The number of carbonyl (C=O) groups is 3. The summed E-state index contributed by atoms with van der Waals surface area (Å²) in [5, 5.41) is 5.59. The van der Waals surface area contributed by atoms with Crippen molar-refractivity contribution in [3.63, 3.8) is 0 Å². The summed E-state index contributed by atoms with van der Waals surface area (Å²) in [6, 6.07) is -0.466. The van der Waals surface area contributed by atoms with Gasteiger partial charge in [0.25, 0.3) is 5.91 Å². The van der Waals surface area contributed by atoms with Crippen LogP contribution in [-0.4, -0.2) is 40.9 Å². The summed E-state index contributed by atoms with van der Waals surface area (Å²) in [5.74, 6) is -0.298. The number of nitrogens with one attached hydrogen (secondary N) is 2. The van der Waals surface area contributed by atoms with Crippen LogP contribution in [-0.2, 0) is 9.59 Å². The van der Waals surface area contributed by atoms with Gasteiger partial charge in [-0.15, -0.1) is 0 Å². The Morgan fingerprint density at radius 3 is 2.38 bits per heavy atom. The van der Waals surface area contributed by atoms with Crippen molar-refractivity contribution in [3.8, 4) is 0 Å². The zero-order chi connectivity index (χ0) is 18.3. The van der Waals surface area contributed by atoms with Crippen molar-refractivity contribution in [1.82, 2.24) is 15.5 Å². The van der Waals surface area contributed by atoms with Crippen molar-refractivity contribution < 1.29 is 14.4 Å². The van der Waals surface area contributed by atoms with Crippen LogP contribution in [0.2, 0.25) is 0 Å². The van der Waals surface area contributed by atoms with E-state index in [4.69, 9.17) is 0 Å². The molecule has 0 radical (unpaired) electrons. The molecular formula is C18H33N3O3. The van der Waals surface area contributed by atoms with Crippen molar-refractivity contribution in [3.05, 3.63) is 0 Å². The van der Waals surface area contributed by atoms with Crippen LogP contribution in [0, 0.1) is 5.92 Å². The lowest BCUT2D eigenvalue weighted by atomic mass is 9.94. The molecule has 6 nitrogen and oxygen atoms in total. The van der Waals surface area contributed by atoms with Gasteiger partial charge in [-0.25, -0.2) is 4.79 Å². The molecule has 0 unspecified atom stereocenters. The second-order valence-corrected chi connectivity index (χ2v) is 7.42. The first-order valence-electron chi connectivity index (χ1n) is 9.14. The molecule has 0 aromatic heterocycles. The lowest BCUT2D eigenvalue weighted by molar-refractivity contribution is -0.135. The highest BCUT2D eigenvalue weighted by molar-refractivity contribution is 6.08. The van der Waals surface area contributed by atoms with Crippen molar-refractivity contribution >= 4 is 17.8 Å². The smallest absolute Gasteiger partial charge is 0.325 e. The van der Waals surface area contributed by atoms with Crippen LogP contribution in [0.4, 0.5) is 4.79 Å². The molecule has 2 N–H and O–H groups in total. The van der Waals surface area contributed by atoms with Gasteiger partial charge in [-0.3, -0.25) is 14.5 Å². The van der Waals surface area contributed by atoms with Gasteiger partial charge in [0.05, 0.1) is 0 Å². The molecule has 1 rings (SSSR count). The van der Waals surface area contributed by atoms with Crippen LogP contribution in [0.1, 0.15) is 73.1 Å². The molecule has 24 heavy (non-hydrogen) atoms. The summed E-state index contributed by atoms with van der Waals surface area (Å²) in [6.07, 6.45) is 6.07. The molecule has 2 atom stereocenters. The highest BCUT2D eigenvalue weighted by atomic mass is 16.2. The number of hydrogen-bond acceptors (Lipinski definition) is 3. The monoisotopic (exact) mass is 339 g/mol. The van der Waals surface area contributed by atoms with Crippen LogP contribution < -0.4 is 10.6 Å². The van der Waals surface area contributed by atoms with Gasteiger partial charge in [0.2, 0.25) is 5.91 Å². The van der Waals surface area contributed by atoms with Crippen LogP contribution in [0.15, 0.2) is 0 Å². The summed E-state index contributed by atoms with van der Waals surface area (Å²) >= 11 is 0. The van der Waals surface area contributed by atoms with Gasteiger partial charge < -0.3 is 10.6 Å². The molecule has 0 aromatic carbocycles. The quantitative estimate of drug-likeness (QED) is 0.474. The summed E-state index contributed by atoms with van der Waals surface area (Å²) in [6.45, 7) is 9.62. The molecule has 0 spiro atoms. The fraction of sp³-hybridized carbons (Fsp3) is 0.833. The first-order valence-corrected chi connectivity index (χ1v) is 9.14. The molecule has 1 saturated heterocycles. The summed E-state index contributed by atoms with van der Waals surface area (Å²) in [5.41, 5.74) is -0.882. The standard InChI is InChI=1S/C18H33N3O3/c1-6-7-8-9-10-11-18(5)16(23)21(17(24)20-18)12-15(22)19-14(4)13(2)3/h13-14H,6-12H2,1-5H3,(H,19,22)(H,20,24)/t14-,18+/m0/s1. The SMILES string of the molecule is CCCCCCC[C@@]1(C)NC(=O)N(CC(=O)N[C@@H](C)C(C)C)C1=O. The first kappa shape index (κ1) is 20.5. The Labute approximate surface area is 145 Å². The van der Waals surface area contributed by atoms with Crippen LogP contribution >= 0.6 is 0 Å². The first-order chi connectivity index (χ1) is 11.2. The van der Waals surface area contributed by atoms with E-state index in [-0.39, 0.29) is 24.4 Å². The van der Waals surface area contributed by atoms with E-state index in [2.05, 4.69) is 17.6 Å². The maximum atomic E-state index is 12.6. The molecule has 0 bridgehead atoms. The Morgan fingerprint density at radius 2 is 1.79 bits per heavy atom. The Bertz CT molecular complexity index is 464. The van der Waals surface area contributed by atoms with E-state index >= 15 is 0 Å². The number of nitrogens with zero attached hydrogens (tertiary/aromatic N) is 1. The number of carbonyl (C=O) groups excluding carboxylic acids is 3. The average molecular weight is 339 g/mol. The van der Waals surface area contributed by atoms with E-state index in [1.807, 2.05) is 20.8 Å². The lowest BCUT2D eigenvalue weighted by Gasteiger charge is -2.22. The molecule has 1 aliphatic rings. The minimum Gasteiger partial charge on any atom is -0.352 e. The fourth-order valence-electron chi connectivity index (χ4n) is 2.75. The molecule has 0 aromatic rings. The Morgan fingerprint density at radius 1 is 1.17 bits per heavy atom. The molecule has 1 heterocycles. The Hall–Kier alpha value is -1.59. The molecule has 0 aliphatic carbocycles. The molecule has 138 valence electrons. The van der Waals surface area contributed by atoms with Gasteiger partial charge in [-0.2, -0.15) is 0 Å². The van der Waals surface area contributed by atoms with Crippen LogP contribution in [0.3, 0.4) is 0 Å². The maximum Gasteiger partial charge on any atom is 0.325 e. The minimum atomic E-state index is -0.882. The second kappa shape index (κ2) is 9.04. The van der Waals surface area contributed by atoms with Crippen LogP contribution in [0.25, 0.3) is 0 Å². The number of hydrogen-bond donors (Lipinski definition) is 2. The van der Waals surface area contributed by atoms with E-state index in [1.54, 1.807) is 6.92 Å². The van der Waals surface area contributed by atoms with Gasteiger partial charge in [-0.05, 0) is 26.2 Å². The van der Waals surface area contributed by atoms with Crippen molar-refractivity contribution in [2.45, 2.75) is 84.7 Å². The molecule has 0 saturated carbocycles. The number of unbranched alkanes of at least 4 members (excludes halogenated alkanes) is 4. The highest BCUT2D eigenvalue weighted by Crippen LogP contribution is 2.24. The summed E-state index contributed by atoms with van der Waals surface area (Å²) in [4.78, 5) is 37.8. The van der Waals surface area contributed by atoms with E-state index in [1.165, 1.54) is 12.8 Å². The minimum absolute atomic E-state index is 0.00298. The van der Waals surface area contributed by atoms with E-state index in [9.17, 15) is 14.4 Å². The predicted molar refractivity (Wildman–Crippen MR) is 94.5 cm³/mol. The fourth-order valence-corrected chi connectivity index (χ4v) is 2.75.